The molecule has 0 atom stereocenters. The second-order valence-corrected chi connectivity index (χ2v) is 9.01. The lowest BCUT2D eigenvalue weighted by Crippen LogP contribution is -2.40. The minimum Gasteiger partial charge on any atom is -0.379 e. The second-order valence-electron chi connectivity index (χ2n) is 6.63. The Balaban J connectivity index is 1.49. The zero-order valence-corrected chi connectivity index (χ0v) is 17.7. The van der Waals surface area contributed by atoms with Crippen LogP contribution in [0.2, 0.25) is 5.02 Å². The normalized spacial score (nSPS) is 14.8. The van der Waals surface area contributed by atoms with E-state index >= 15 is 0 Å². The molecule has 0 unspecified atom stereocenters. The lowest BCUT2D eigenvalue weighted by molar-refractivity contribution is -0.136. The number of halogens is 1. The van der Waals surface area contributed by atoms with Gasteiger partial charge in [0.15, 0.2) is 0 Å². The van der Waals surface area contributed by atoms with Crippen molar-refractivity contribution in [1.29, 1.82) is 0 Å². The van der Waals surface area contributed by atoms with Crippen LogP contribution in [0.15, 0.2) is 53.4 Å². The number of benzene rings is 2. The summed E-state index contributed by atoms with van der Waals surface area (Å²) in [5, 5.41) is 5.46. The lowest BCUT2D eigenvalue weighted by Gasteiger charge is -2.26. The molecule has 8 nitrogen and oxygen atoms in total. The van der Waals surface area contributed by atoms with Crippen molar-refractivity contribution in [3.05, 3.63) is 59.1 Å². The Morgan fingerprint density at radius 1 is 1.03 bits per heavy atom. The molecule has 1 aliphatic rings. The van der Waals surface area contributed by atoms with Crippen molar-refractivity contribution >= 4 is 39.1 Å². The minimum atomic E-state index is -3.54. The van der Waals surface area contributed by atoms with Crippen LogP contribution in [0.4, 0.5) is 5.69 Å². The van der Waals surface area contributed by atoms with Gasteiger partial charge in [0.2, 0.25) is 10.0 Å². The van der Waals surface area contributed by atoms with Gasteiger partial charge in [-0.2, -0.15) is 4.31 Å². The smallest absolute Gasteiger partial charge is 0.313 e. The number of carbonyl (C=O) groups excluding carboxylic acids is 2. The Morgan fingerprint density at radius 3 is 2.40 bits per heavy atom. The van der Waals surface area contributed by atoms with Gasteiger partial charge in [0.1, 0.15) is 0 Å². The summed E-state index contributed by atoms with van der Waals surface area (Å²) in [6, 6.07) is 13.0. The zero-order valence-electron chi connectivity index (χ0n) is 16.1. The van der Waals surface area contributed by atoms with Crippen LogP contribution in [-0.2, 0) is 30.8 Å². The van der Waals surface area contributed by atoms with E-state index in [0.29, 0.717) is 43.4 Å². The summed E-state index contributed by atoms with van der Waals surface area (Å²) in [6.07, 6.45) is 0.452. The fraction of sp³-hybridized carbons (Fsp3) is 0.300. The molecule has 10 heteroatoms. The fourth-order valence-electron chi connectivity index (χ4n) is 2.92. The molecule has 2 N–H and O–H groups in total. The summed E-state index contributed by atoms with van der Waals surface area (Å²) < 4.78 is 31.8. The van der Waals surface area contributed by atoms with Crippen LogP contribution in [-0.4, -0.2) is 57.4 Å². The molecule has 0 radical (unpaired) electrons. The number of rotatable bonds is 6. The molecule has 1 heterocycles. The van der Waals surface area contributed by atoms with E-state index < -0.39 is 21.8 Å². The molecule has 2 aromatic carbocycles. The lowest BCUT2D eigenvalue weighted by atomic mass is 10.1. The number of ether oxygens (including phenoxy) is 1. The summed E-state index contributed by atoms with van der Waals surface area (Å²) in [5.74, 6) is -1.55. The molecule has 1 fully saturated rings. The van der Waals surface area contributed by atoms with Crippen molar-refractivity contribution in [3.63, 3.8) is 0 Å². The Labute approximate surface area is 180 Å². The maximum atomic E-state index is 12.6. The predicted molar refractivity (Wildman–Crippen MR) is 113 cm³/mol. The Morgan fingerprint density at radius 2 is 1.73 bits per heavy atom. The van der Waals surface area contributed by atoms with E-state index in [9.17, 15) is 18.0 Å². The second kappa shape index (κ2) is 10.0. The van der Waals surface area contributed by atoms with Crippen LogP contribution in [0.1, 0.15) is 5.56 Å². The van der Waals surface area contributed by atoms with Crippen LogP contribution in [0.5, 0.6) is 0 Å². The van der Waals surface area contributed by atoms with E-state index in [0.717, 1.165) is 5.56 Å². The first-order chi connectivity index (χ1) is 14.4. The fourth-order valence-corrected chi connectivity index (χ4v) is 4.52. The predicted octanol–water partition coefficient (Wildman–Crippen LogP) is 1.66. The number of nitrogens with zero attached hydrogens (tertiary/aromatic N) is 1. The number of nitrogens with one attached hydrogen (secondary N) is 2. The van der Waals surface area contributed by atoms with E-state index in [2.05, 4.69) is 10.6 Å². The summed E-state index contributed by atoms with van der Waals surface area (Å²) in [4.78, 5) is 24.1. The van der Waals surface area contributed by atoms with E-state index in [4.69, 9.17) is 16.3 Å². The first kappa shape index (κ1) is 22.2. The third-order valence-corrected chi connectivity index (χ3v) is 6.67. The molecule has 30 heavy (non-hydrogen) atoms. The average molecular weight is 452 g/mol. The van der Waals surface area contributed by atoms with Gasteiger partial charge in [-0.15, -0.1) is 0 Å². The van der Waals surface area contributed by atoms with Crippen LogP contribution >= 0.6 is 11.6 Å². The molecule has 2 amide bonds. The minimum absolute atomic E-state index is 0.220. The average Bonchev–Trinajstić information content (AvgIpc) is 2.74. The number of hydrogen-bond donors (Lipinski definition) is 2. The molecule has 1 saturated heterocycles. The molecule has 0 aliphatic carbocycles. The molecule has 0 bridgehead atoms. The molecule has 160 valence electrons. The Hall–Kier alpha value is -2.46. The van der Waals surface area contributed by atoms with E-state index in [1.165, 1.54) is 4.31 Å². The molecule has 0 spiro atoms. The SMILES string of the molecule is O=C(NCCc1ccc(S(=O)(=O)N2CCOCC2)cc1)C(=O)Nc1cccc(Cl)c1. The highest BCUT2D eigenvalue weighted by atomic mass is 35.5. The van der Waals surface area contributed by atoms with Crippen LogP contribution in [0.3, 0.4) is 0 Å². The Kier molecular flexibility index (Phi) is 7.43. The monoisotopic (exact) mass is 451 g/mol. The third kappa shape index (κ3) is 5.79. The van der Waals surface area contributed by atoms with Crippen molar-refractivity contribution in [2.24, 2.45) is 0 Å². The van der Waals surface area contributed by atoms with E-state index in [1.807, 2.05) is 0 Å². The van der Waals surface area contributed by atoms with E-state index in [-0.39, 0.29) is 11.4 Å². The third-order valence-electron chi connectivity index (χ3n) is 4.52. The van der Waals surface area contributed by atoms with Crippen molar-refractivity contribution < 1.29 is 22.7 Å². The van der Waals surface area contributed by atoms with Gasteiger partial charge >= 0.3 is 11.8 Å². The van der Waals surface area contributed by atoms with Gasteiger partial charge < -0.3 is 15.4 Å². The van der Waals surface area contributed by atoms with Gasteiger partial charge in [-0.1, -0.05) is 29.8 Å². The van der Waals surface area contributed by atoms with Gasteiger partial charge in [0.05, 0.1) is 18.1 Å². The number of amides is 2. The zero-order chi connectivity index (χ0) is 21.6. The van der Waals surface area contributed by atoms with E-state index in [1.54, 1.807) is 48.5 Å². The number of carbonyl (C=O) groups is 2. The summed E-state index contributed by atoms with van der Waals surface area (Å²) in [5.41, 5.74) is 1.27. The van der Waals surface area contributed by atoms with Crippen molar-refractivity contribution in [2.75, 3.05) is 38.2 Å². The molecule has 0 aromatic heterocycles. The first-order valence-corrected chi connectivity index (χ1v) is 11.2. The molecule has 0 saturated carbocycles. The van der Waals surface area contributed by atoms with Crippen LogP contribution in [0.25, 0.3) is 0 Å². The highest BCUT2D eigenvalue weighted by Crippen LogP contribution is 2.18. The highest BCUT2D eigenvalue weighted by molar-refractivity contribution is 7.89. The summed E-state index contributed by atoms with van der Waals surface area (Å²) in [7, 11) is -3.54. The quantitative estimate of drug-likeness (QED) is 0.650. The van der Waals surface area contributed by atoms with Gasteiger partial charge in [0, 0.05) is 30.3 Å². The van der Waals surface area contributed by atoms with Crippen molar-refractivity contribution in [1.82, 2.24) is 9.62 Å². The maximum Gasteiger partial charge on any atom is 0.313 e. The number of anilines is 1. The topological polar surface area (TPSA) is 105 Å². The van der Waals surface area contributed by atoms with Crippen molar-refractivity contribution in [3.8, 4) is 0 Å². The van der Waals surface area contributed by atoms with Gasteiger partial charge in [-0.25, -0.2) is 8.42 Å². The largest absolute Gasteiger partial charge is 0.379 e. The van der Waals surface area contributed by atoms with Gasteiger partial charge in [-0.3, -0.25) is 9.59 Å². The van der Waals surface area contributed by atoms with Crippen LogP contribution in [0, 0.1) is 0 Å². The number of hydrogen-bond acceptors (Lipinski definition) is 5. The number of sulfonamides is 1. The molecule has 3 rings (SSSR count). The molecule has 1 aliphatic heterocycles. The van der Waals surface area contributed by atoms with Gasteiger partial charge in [0.25, 0.3) is 0 Å². The Bertz CT molecular complexity index is 1010. The number of morpholine rings is 1. The highest BCUT2D eigenvalue weighted by Gasteiger charge is 2.26. The molecular weight excluding hydrogens is 430 g/mol. The van der Waals surface area contributed by atoms with Crippen molar-refractivity contribution in [2.45, 2.75) is 11.3 Å². The summed E-state index contributed by atoms with van der Waals surface area (Å²) >= 11 is 5.84. The maximum absolute atomic E-state index is 12.6. The molecular formula is C20H22ClN3O5S. The molecule has 2 aromatic rings. The van der Waals surface area contributed by atoms with Gasteiger partial charge in [-0.05, 0) is 42.3 Å². The van der Waals surface area contributed by atoms with Crippen LogP contribution < -0.4 is 10.6 Å². The standard InChI is InChI=1S/C20H22ClN3O5S/c21-16-2-1-3-17(14-16)23-20(26)19(25)22-9-8-15-4-6-18(7-5-15)30(27,28)24-10-12-29-13-11-24/h1-7,14H,8-13H2,(H,22,25)(H,23,26). The summed E-state index contributed by atoms with van der Waals surface area (Å²) in [6.45, 7) is 1.70. The first-order valence-electron chi connectivity index (χ1n) is 9.38.